The summed E-state index contributed by atoms with van der Waals surface area (Å²) in [5.74, 6) is -0.926. The van der Waals surface area contributed by atoms with Crippen molar-refractivity contribution >= 4 is 27.8 Å². The molecule has 1 heterocycles. The Morgan fingerprint density at radius 2 is 1.64 bits per heavy atom. The maximum atomic E-state index is 12.0. The number of carboxylic acids is 1. The third kappa shape index (κ3) is 2.54. The SMILES string of the molecule is CCc1ccccc1-c1ccc2nc3ccccc3c(C(=O)O)c2c1. The summed E-state index contributed by atoms with van der Waals surface area (Å²) in [5.41, 5.74) is 5.12. The van der Waals surface area contributed by atoms with Crippen LogP contribution in [0.2, 0.25) is 0 Å². The molecule has 0 aliphatic rings. The minimum Gasteiger partial charge on any atom is -0.478 e. The second-order valence-electron chi connectivity index (χ2n) is 6.05. The van der Waals surface area contributed by atoms with E-state index >= 15 is 0 Å². The molecule has 1 aromatic heterocycles. The molecule has 4 aromatic rings. The summed E-state index contributed by atoms with van der Waals surface area (Å²) in [7, 11) is 0. The number of pyridine rings is 1. The lowest BCUT2D eigenvalue weighted by molar-refractivity contribution is 0.0701. The molecule has 122 valence electrons. The molecule has 1 N–H and O–H groups in total. The summed E-state index contributed by atoms with van der Waals surface area (Å²) >= 11 is 0. The zero-order valence-corrected chi connectivity index (χ0v) is 13.9. The van der Waals surface area contributed by atoms with Gasteiger partial charge in [0, 0.05) is 10.8 Å². The first-order valence-electron chi connectivity index (χ1n) is 8.33. The molecule has 25 heavy (non-hydrogen) atoms. The average molecular weight is 327 g/mol. The van der Waals surface area contributed by atoms with Gasteiger partial charge in [0.05, 0.1) is 16.6 Å². The fraction of sp³-hybridized carbons (Fsp3) is 0.0909. The van der Waals surface area contributed by atoms with Crippen LogP contribution in [0.15, 0.2) is 66.7 Å². The second kappa shape index (κ2) is 6.02. The number of aromatic carboxylic acids is 1. The molecule has 0 saturated heterocycles. The van der Waals surface area contributed by atoms with Crippen LogP contribution in [0.4, 0.5) is 0 Å². The highest BCUT2D eigenvalue weighted by Crippen LogP contribution is 2.31. The molecule has 0 spiro atoms. The monoisotopic (exact) mass is 327 g/mol. The van der Waals surface area contributed by atoms with Gasteiger partial charge in [0.1, 0.15) is 0 Å². The standard InChI is InChI=1S/C22H17NO2/c1-2-14-7-3-4-8-16(14)15-11-12-20-18(13-15)21(22(24)25)17-9-5-6-10-19(17)23-20/h3-13H,2H2,1H3,(H,24,25). The van der Waals surface area contributed by atoms with Gasteiger partial charge in [-0.15, -0.1) is 0 Å². The van der Waals surface area contributed by atoms with Crippen LogP contribution in [0.25, 0.3) is 32.9 Å². The van der Waals surface area contributed by atoms with Crippen LogP contribution in [0, 0.1) is 0 Å². The summed E-state index contributed by atoms with van der Waals surface area (Å²) in [6, 6.07) is 21.5. The molecule has 0 radical (unpaired) electrons. The van der Waals surface area contributed by atoms with Gasteiger partial charge < -0.3 is 5.11 Å². The molecule has 3 nitrogen and oxygen atoms in total. The summed E-state index contributed by atoms with van der Waals surface area (Å²) in [5, 5.41) is 11.2. The lowest BCUT2D eigenvalue weighted by Crippen LogP contribution is -2.01. The van der Waals surface area contributed by atoms with Crippen LogP contribution < -0.4 is 0 Å². The smallest absolute Gasteiger partial charge is 0.337 e. The third-order valence-corrected chi connectivity index (χ3v) is 4.60. The Morgan fingerprint density at radius 1 is 0.920 bits per heavy atom. The number of aryl methyl sites for hydroxylation is 1. The van der Waals surface area contributed by atoms with E-state index in [2.05, 4.69) is 24.0 Å². The first-order valence-corrected chi connectivity index (χ1v) is 8.33. The molecule has 0 bridgehead atoms. The van der Waals surface area contributed by atoms with Crippen LogP contribution in [0.1, 0.15) is 22.8 Å². The lowest BCUT2D eigenvalue weighted by atomic mass is 9.95. The van der Waals surface area contributed by atoms with E-state index < -0.39 is 5.97 Å². The predicted molar refractivity (Wildman–Crippen MR) is 101 cm³/mol. The second-order valence-corrected chi connectivity index (χ2v) is 6.05. The van der Waals surface area contributed by atoms with Crippen molar-refractivity contribution < 1.29 is 9.90 Å². The molecule has 0 aliphatic heterocycles. The van der Waals surface area contributed by atoms with Crippen molar-refractivity contribution in [1.29, 1.82) is 0 Å². The van der Waals surface area contributed by atoms with Crippen LogP contribution in [0.3, 0.4) is 0 Å². The molecule has 0 atom stereocenters. The van der Waals surface area contributed by atoms with Crippen molar-refractivity contribution in [3.8, 4) is 11.1 Å². The van der Waals surface area contributed by atoms with Gasteiger partial charge in [-0.25, -0.2) is 9.78 Å². The first kappa shape index (κ1) is 15.3. The number of para-hydroxylation sites is 1. The van der Waals surface area contributed by atoms with Crippen LogP contribution in [-0.2, 0) is 6.42 Å². The number of hydrogen-bond acceptors (Lipinski definition) is 2. The molecular formula is C22H17NO2. The maximum Gasteiger partial charge on any atom is 0.337 e. The number of hydrogen-bond donors (Lipinski definition) is 1. The van der Waals surface area contributed by atoms with Gasteiger partial charge in [0.15, 0.2) is 0 Å². The van der Waals surface area contributed by atoms with Gasteiger partial charge in [0.25, 0.3) is 0 Å². The van der Waals surface area contributed by atoms with Crippen molar-refractivity contribution in [2.45, 2.75) is 13.3 Å². The fourth-order valence-electron chi connectivity index (χ4n) is 3.40. The van der Waals surface area contributed by atoms with E-state index in [1.54, 1.807) is 0 Å². The maximum absolute atomic E-state index is 12.0. The Morgan fingerprint density at radius 3 is 2.44 bits per heavy atom. The molecule has 0 aliphatic carbocycles. The molecule has 3 heteroatoms. The number of aromatic nitrogens is 1. The Kier molecular flexibility index (Phi) is 3.69. The van der Waals surface area contributed by atoms with Gasteiger partial charge in [-0.05, 0) is 41.3 Å². The summed E-state index contributed by atoms with van der Waals surface area (Å²) < 4.78 is 0. The summed E-state index contributed by atoms with van der Waals surface area (Å²) in [4.78, 5) is 16.6. The number of rotatable bonds is 3. The Balaban J connectivity index is 2.07. The molecule has 0 unspecified atom stereocenters. The van der Waals surface area contributed by atoms with E-state index in [1.807, 2.05) is 54.6 Å². The topological polar surface area (TPSA) is 50.2 Å². The summed E-state index contributed by atoms with van der Waals surface area (Å²) in [6.45, 7) is 2.12. The normalized spacial score (nSPS) is 11.1. The quantitative estimate of drug-likeness (QED) is 0.518. The number of nitrogens with zero attached hydrogens (tertiary/aromatic N) is 1. The fourth-order valence-corrected chi connectivity index (χ4v) is 3.40. The van der Waals surface area contributed by atoms with Gasteiger partial charge in [-0.3, -0.25) is 0 Å². The van der Waals surface area contributed by atoms with Gasteiger partial charge in [0.2, 0.25) is 0 Å². The number of carbonyl (C=O) groups is 1. The van der Waals surface area contributed by atoms with E-state index in [9.17, 15) is 9.90 Å². The van der Waals surface area contributed by atoms with Crippen molar-refractivity contribution in [2.75, 3.05) is 0 Å². The predicted octanol–water partition coefficient (Wildman–Crippen LogP) is 5.32. The molecule has 0 amide bonds. The van der Waals surface area contributed by atoms with E-state index in [1.165, 1.54) is 5.56 Å². The number of fused-ring (bicyclic) bond motifs is 2. The van der Waals surface area contributed by atoms with Crippen LogP contribution in [-0.4, -0.2) is 16.1 Å². The highest BCUT2D eigenvalue weighted by molar-refractivity contribution is 6.14. The van der Waals surface area contributed by atoms with Crippen molar-refractivity contribution in [3.05, 3.63) is 77.9 Å². The Hall–Kier alpha value is -3.20. The van der Waals surface area contributed by atoms with E-state index in [0.29, 0.717) is 27.4 Å². The zero-order valence-electron chi connectivity index (χ0n) is 13.9. The zero-order chi connectivity index (χ0) is 17.4. The Labute approximate surface area is 145 Å². The highest BCUT2D eigenvalue weighted by Gasteiger charge is 2.16. The van der Waals surface area contributed by atoms with Gasteiger partial charge >= 0.3 is 5.97 Å². The number of carboxylic acid groups (broad SMARTS) is 1. The van der Waals surface area contributed by atoms with E-state index in [4.69, 9.17) is 0 Å². The van der Waals surface area contributed by atoms with Gasteiger partial charge in [-0.1, -0.05) is 55.5 Å². The average Bonchev–Trinajstić information content (AvgIpc) is 2.65. The molecule has 4 rings (SSSR count). The van der Waals surface area contributed by atoms with E-state index in [-0.39, 0.29) is 0 Å². The lowest BCUT2D eigenvalue weighted by Gasteiger charge is -2.11. The summed E-state index contributed by atoms with van der Waals surface area (Å²) in [6.07, 6.45) is 0.927. The molecule has 3 aromatic carbocycles. The molecule has 0 saturated carbocycles. The largest absolute Gasteiger partial charge is 0.478 e. The van der Waals surface area contributed by atoms with Crippen molar-refractivity contribution in [2.24, 2.45) is 0 Å². The molecular weight excluding hydrogens is 310 g/mol. The molecule has 0 fully saturated rings. The third-order valence-electron chi connectivity index (χ3n) is 4.60. The van der Waals surface area contributed by atoms with Crippen molar-refractivity contribution in [3.63, 3.8) is 0 Å². The first-order chi connectivity index (χ1) is 12.2. The minimum atomic E-state index is -0.926. The van der Waals surface area contributed by atoms with Crippen LogP contribution in [0.5, 0.6) is 0 Å². The van der Waals surface area contributed by atoms with Crippen molar-refractivity contribution in [1.82, 2.24) is 4.98 Å². The van der Waals surface area contributed by atoms with E-state index in [0.717, 1.165) is 17.5 Å². The highest BCUT2D eigenvalue weighted by atomic mass is 16.4. The number of benzene rings is 3. The van der Waals surface area contributed by atoms with Gasteiger partial charge in [-0.2, -0.15) is 0 Å². The Bertz CT molecular complexity index is 1120. The minimum absolute atomic E-state index is 0.316. The van der Waals surface area contributed by atoms with Crippen LogP contribution >= 0.6 is 0 Å².